The van der Waals surface area contributed by atoms with E-state index in [-0.39, 0.29) is 0 Å². The van der Waals surface area contributed by atoms with Gasteiger partial charge in [-0.05, 0) is 77.9 Å². The van der Waals surface area contributed by atoms with Gasteiger partial charge in [0, 0.05) is 43.7 Å². The molecule has 0 fully saturated rings. The molecule has 0 bridgehead atoms. The van der Waals surface area contributed by atoms with E-state index >= 15 is 0 Å². The van der Waals surface area contributed by atoms with E-state index in [9.17, 15) is 0 Å². The van der Waals surface area contributed by atoms with E-state index in [2.05, 4.69) is 185 Å². The average Bonchev–Trinajstić information content (AvgIpc) is 3.94. The van der Waals surface area contributed by atoms with Crippen LogP contribution in [0.25, 0.3) is 111 Å². The lowest BCUT2D eigenvalue weighted by Gasteiger charge is -2.12. The van der Waals surface area contributed by atoms with Crippen molar-refractivity contribution in [2.24, 2.45) is 0 Å². The summed E-state index contributed by atoms with van der Waals surface area (Å²) in [5.74, 6) is 1.73. The summed E-state index contributed by atoms with van der Waals surface area (Å²) < 4.78 is 11.1. The molecule has 4 aromatic heterocycles. The molecule has 8 aromatic carbocycles. The van der Waals surface area contributed by atoms with Crippen LogP contribution in [0.3, 0.4) is 0 Å². The van der Waals surface area contributed by atoms with Crippen molar-refractivity contribution in [1.82, 2.24) is 24.1 Å². The largest absolute Gasteiger partial charge is 0.456 e. The number of hydrogen-bond acceptors (Lipinski definition) is 4. The maximum Gasteiger partial charge on any atom is 0.238 e. The highest BCUT2D eigenvalue weighted by atomic mass is 16.3. The third-order valence-electron chi connectivity index (χ3n) is 11.2. The van der Waals surface area contributed by atoms with Crippen LogP contribution in [-0.4, -0.2) is 24.1 Å². The Kier molecular flexibility index (Phi) is 6.83. The van der Waals surface area contributed by atoms with E-state index in [0.717, 1.165) is 82.7 Å². The van der Waals surface area contributed by atoms with E-state index < -0.39 is 0 Å². The second-order valence-electron chi connectivity index (χ2n) is 14.4. The van der Waals surface area contributed by atoms with Crippen LogP contribution in [-0.2, 0) is 0 Å². The van der Waals surface area contributed by atoms with Gasteiger partial charge in [-0.25, -0.2) is 4.98 Å². The summed E-state index contributed by atoms with van der Waals surface area (Å²) in [4.78, 5) is 15.8. The molecular formula is C51H31N5O. The SMILES string of the molecule is c1ccc(-c2cccc(-c3nc(-c4ccc5oc6ccc7c8ccccc8n(-c8ccccc8)c7c6c5c4)nc(-n4c5ccccc5c5ccccc54)n3)c2)cc1. The van der Waals surface area contributed by atoms with Gasteiger partial charge >= 0.3 is 0 Å². The second-order valence-corrected chi connectivity index (χ2v) is 14.4. The van der Waals surface area contributed by atoms with Crippen LogP contribution in [0, 0.1) is 0 Å². The lowest BCUT2D eigenvalue weighted by Crippen LogP contribution is -2.06. The first-order chi connectivity index (χ1) is 28.3. The number of fused-ring (bicyclic) bond motifs is 10. The predicted octanol–water partition coefficient (Wildman–Crippen LogP) is 13.0. The number of rotatable bonds is 5. The molecule has 0 saturated carbocycles. The fourth-order valence-electron chi connectivity index (χ4n) is 8.63. The van der Waals surface area contributed by atoms with E-state index in [1.54, 1.807) is 0 Å². The van der Waals surface area contributed by atoms with Crippen molar-refractivity contribution in [1.29, 1.82) is 0 Å². The van der Waals surface area contributed by atoms with E-state index in [1.165, 1.54) is 10.8 Å². The molecule has 0 aliphatic carbocycles. The molecular weight excluding hydrogens is 699 g/mol. The molecule has 12 aromatic rings. The summed E-state index contributed by atoms with van der Waals surface area (Å²) in [6, 6.07) is 65.5. The van der Waals surface area contributed by atoms with Gasteiger partial charge in [-0.3, -0.25) is 4.57 Å². The molecule has 12 rings (SSSR count). The van der Waals surface area contributed by atoms with Gasteiger partial charge in [0.25, 0.3) is 0 Å². The summed E-state index contributed by atoms with van der Waals surface area (Å²) in [7, 11) is 0. The van der Waals surface area contributed by atoms with Gasteiger partial charge in [-0.15, -0.1) is 0 Å². The predicted molar refractivity (Wildman–Crippen MR) is 232 cm³/mol. The molecule has 0 atom stereocenters. The van der Waals surface area contributed by atoms with Crippen LogP contribution >= 0.6 is 0 Å². The van der Waals surface area contributed by atoms with Gasteiger partial charge < -0.3 is 8.98 Å². The Morgan fingerprint density at radius 2 is 0.895 bits per heavy atom. The molecule has 0 N–H and O–H groups in total. The first kappa shape index (κ1) is 31.5. The fraction of sp³-hybridized carbons (Fsp3) is 0. The van der Waals surface area contributed by atoms with Crippen LogP contribution in [0.15, 0.2) is 192 Å². The zero-order valence-electron chi connectivity index (χ0n) is 30.5. The number of benzene rings is 8. The summed E-state index contributed by atoms with van der Waals surface area (Å²) in [6.07, 6.45) is 0. The molecule has 0 saturated heterocycles. The minimum absolute atomic E-state index is 0.557. The number of furan rings is 1. The quantitative estimate of drug-likeness (QED) is 0.177. The van der Waals surface area contributed by atoms with E-state index in [0.29, 0.717) is 17.6 Å². The fourth-order valence-corrected chi connectivity index (χ4v) is 8.63. The first-order valence-electron chi connectivity index (χ1n) is 19.1. The second kappa shape index (κ2) is 12.3. The summed E-state index contributed by atoms with van der Waals surface area (Å²) in [5, 5.41) is 6.71. The normalized spacial score (nSPS) is 11.9. The maximum atomic E-state index is 6.59. The Morgan fingerprint density at radius 3 is 1.60 bits per heavy atom. The molecule has 0 aliphatic heterocycles. The molecule has 0 aliphatic rings. The Balaban J connectivity index is 1.14. The Morgan fingerprint density at radius 1 is 0.351 bits per heavy atom. The van der Waals surface area contributed by atoms with Crippen LogP contribution in [0.4, 0.5) is 0 Å². The molecule has 4 heterocycles. The van der Waals surface area contributed by atoms with Crippen molar-refractivity contribution in [3.63, 3.8) is 0 Å². The standard InChI is InChI=1S/C51H31N5O/c1-3-14-32(15-4-1)33-16-13-17-34(30-33)49-52-50(54-51(53-49)56-43-24-11-7-20-37(43)38-21-8-12-25-44(38)56)35-26-28-45-41(31-35)47-46(57-45)29-27-40-39-22-9-10-23-42(39)55(48(40)47)36-18-5-2-6-19-36/h1-31H. The molecule has 0 spiro atoms. The minimum atomic E-state index is 0.557. The zero-order valence-corrected chi connectivity index (χ0v) is 30.5. The number of hydrogen-bond donors (Lipinski definition) is 0. The lowest BCUT2D eigenvalue weighted by atomic mass is 10.0. The third-order valence-corrected chi connectivity index (χ3v) is 11.2. The van der Waals surface area contributed by atoms with Crippen molar-refractivity contribution in [3.8, 4) is 45.5 Å². The molecule has 0 unspecified atom stereocenters. The Bertz CT molecular complexity index is 3470. The Labute approximate surface area is 326 Å². The zero-order chi connectivity index (χ0) is 37.5. The van der Waals surface area contributed by atoms with Crippen LogP contribution < -0.4 is 0 Å². The molecule has 6 heteroatoms. The maximum absolute atomic E-state index is 6.59. The van der Waals surface area contributed by atoms with Gasteiger partial charge in [0.2, 0.25) is 5.95 Å². The number of nitrogens with zero attached hydrogens (tertiary/aromatic N) is 5. The van der Waals surface area contributed by atoms with Crippen LogP contribution in [0.1, 0.15) is 0 Å². The highest BCUT2D eigenvalue weighted by Gasteiger charge is 2.22. The van der Waals surface area contributed by atoms with Crippen molar-refractivity contribution >= 4 is 65.6 Å². The van der Waals surface area contributed by atoms with Gasteiger partial charge in [-0.1, -0.05) is 121 Å². The van der Waals surface area contributed by atoms with Crippen molar-refractivity contribution < 1.29 is 4.42 Å². The number of para-hydroxylation sites is 4. The van der Waals surface area contributed by atoms with Gasteiger partial charge in [-0.2, -0.15) is 9.97 Å². The molecule has 57 heavy (non-hydrogen) atoms. The minimum Gasteiger partial charge on any atom is -0.456 e. The number of aromatic nitrogens is 5. The average molecular weight is 730 g/mol. The monoisotopic (exact) mass is 729 g/mol. The van der Waals surface area contributed by atoms with Crippen molar-refractivity contribution in [2.75, 3.05) is 0 Å². The van der Waals surface area contributed by atoms with Gasteiger partial charge in [0.1, 0.15) is 11.2 Å². The molecule has 6 nitrogen and oxygen atoms in total. The van der Waals surface area contributed by atoms with Gasteiger partial charge in [0.05, 0.1) is 27.5 Å². The molecule has 0 radical (unpaired) electrons. The molecule has 266 valence electrons. The van der Waals surface area contributed by atoms with E-state index in [4.69, 9.17) is 19.4 Å². The van der Waals surface area contributed by atoms with Gasteiger partial charge in [0.15, 0.2) is 11.6 Å². The van der Waals surface area contributed by atoms with Crippen LogP contribution in [0.5, 0.6) is 0 Å². The van der Waals surface area contributed by atoms with Crippen molar-refractivity contribution in [3.05, 3.63) is 188 Å². The van der Waals surface area contributed by atoms with Crippen LogP contribution in [0.2, 0.25) is 0 Å². The smallest absolute Gasteiger partial charge is 0.238 e. The molecule has 0 amide bonds. The van der Waals surface area contributed by atoms with E-state index in [1.807, 2.05) is 12.1 Å². The lowest BCUT2D eigenvalue weighted by molar-refractivity contribution is 0.669. The topological polar surface area (TPSA) is 61.7 Å². The highest BCUT2D eigenvalue weighted by Crippen LogP contribution is 2.42. The first-order valence-corrected chi connectivity index (χ1v) is 19.1. The van der Waals surface area contributed by atoms with Crippen molar-refractivity contribution in [2.45, 2.75) is 0 Å². The summed E-state index contributed by atoms with van der Waals surface area (Å²) in [5.41, 5.74) is 11.1. The highest BCUT2D eigenvalue weighted by molar-refractivity contribution is 6.24. The summed E-state index contributed by atoms with van der Waals surface area (Å²) >= 11 is 0. The third kappa shape index (κ3) is 4.87. The Hall–Kier alpha value is -7.83. The summed E-state index contributed by atoms with van der Waals surface area (Å²) in [6.45, 7) is 0.